The van der Waals surface area contributed by atoms with Gasteiger partial charge in [-0.05, 0) is 0 Å². The van der Waals surface area contributed by atoms with Crippen LogP contribution >= 0.6 is 0 Å². The van der Waals surface area contributed by atoms with Crippen LogP contribution in [-0.4, -0.2) is 16.3 Å². The highest BCUT2D eigenvalue weighted by molar-refractivity contribution is 5.56. The van der Waals surface area contributed by atoms with E-state index >= 15 is 0 Å². The van der Waals surface area contributed by atoms with E-state index in [0.717, 1.165) is 0 Å². The minimum absolute atomic E-state index is 0.528. The van der Waals surface area contributed by atoms with Gasteiger partial charge < -0.3 is 5.73 Å². The van der Waals surface area contributed by atoms with Crippen molar-refractivity contribution in [3.05, 3.63) is 18.6 Å². The fraction of sp³-hybridized carbons (Fsp3) is 0. The highest BCUT2D eigenvalue weighted by atomic mass is 14.9. The lowest BCUT2D eigenvalue weighted by atomic mass is 10.7. The molecule has 0 amide bonds. The van der Waals surface area contributed by atoms with Crippen LogP contribution in [0.3, 0.4) is 0 Å². The van der Waals surface area contributed by atoms with Crippen molar-refractivity contribution < 1.29 is 0 Å². The summed E-state index contributed by atoms with van der Waals surface area (Å²) >= 11 is 0. The molecule has 0 aliphatic heterocycles. The predicted molar refractivity (Wildman–Crippen MR) is 34.4 cm³/mol. The molecule has 46 valence electrons. The van der Waals surface area contributed by atoms with E-state index < -0.39 is 0 Å². The molecule has 1 aromatic heterocycles. The van der Waals surface area contributed by atoms with Gasteiger partial charge in [0.25, 0.3) is 0 Å². The molecule has 0 bridgehead atoms. The monoisotopic (exact) mass is 122 g/mol. The molecular weight excluding hydrogens is 116 g/mol. The van der Waals surface area contributed by atoms with Gasteiger partial charge in [0.1, 0.15) is 0 Å². The predicted octanol–water partition coefficient (Wildman–Crippen LogP) is 0.0951. The van der Waals surface area contributed by atoms with Crippen molar-refractivity contribution in [2.75, 3.05) is 0 Å². The summed E-state index contributed by atoms with van der Waals surface area (Å²) in [5, 5.41) is 0. The zero-order chi connectivity index (χ0) is 6.53. The molecular formula is C5H6N4. The van der Waals surface area contributed by atoms with Crippen molar-refractivity contribution in [3.63, 3.8) is 0 Å². The Kier molecular flexibility index (Phi) is 1.74. The van der Waals surface area contributed by atoms with E-state index in [1.807, 2.05) is 0 Å². The first-order valence-corrected chi connectivity index (χ1v) is 2.44. The fourth-order valence-electron chi connectivity index (χ4n) is 0.434. The zero-order valence-corrected chi connectivity index (χ0v) is 4.73. The molecule has 4 heteroatoms. The maximum Gasteiger partial charge on any atom is 0.171 e. The van der Waals surface area contributed by atoms with Crippen molar-refractivity contribution in [3.8, 4) is 0 Å². The van der Waals surface area contributed by atoms with Crippen molar-refractivity contribution in [2.24, 2.45) is 10.7 Å². The largest absolute Gasteiger partial charge is 0.390 e. The molecule has 0 spiro atoms. The Balaban J connectivity index is 2.85. The molecule has 0 saturated heterocycles. The van der Waals surface area contributed by atoms with Crippen LogP contribution in [0, 0.1) is 0 Å². The Morgan fingerprint density at radius 2 is 2.44 bits per heavy atom. The lowest BCUT2D eigenvalue weighted by Gasteiger charge is -1.85. The summed E-state index contributed by atoms with van der Waals surface area (Å²) in [6.45, 7) is 0. The Labute approximate surface area is 52.5 Å². The summed E-state index contributed by atoms with van der Waals surface area (Å²) in [5.41, 5.74) is 5.00. The quantitative estimate of drug-likeness (QED) is 0.424. The Bertz CT molecular complexity index is 193. The Morgan fingerprint density at radius 3 is 3.00 bits per heavy atom. The lowest BCUT2D eigenvalue weighted by Crippen LogP contribution is -1.87. The van der Waals surface area contributed by atoms with Gasteiger partial charge in [-0.15, -0.1) is 0 Å². The minimum atomic E-state index is 0.528. The number of nitrogens with zero attached hydrogens (tertiary/aromatic N) is 3. The van der Waals surface area contributed by atoms with Crippen LogP contribution in [0.15, 0.2) is 23.6 Å². The molecule has 0 saturated carbocycles. The second kappa shape index (κ2) is 2.76. The van der Waals surface area contributed by atoms with E-state index in [1.54, 1.807) is 12.4 Å². The summed E-state index contributed by atoms with van der Waals surface area (Å²) in [5.74, 6) is 0.528. The van der Waals surface area contributed by atoms with E-state index in [1.165, 1.54) is 12.5 Å². The van der Waals surface area contributed by atoms with Crippen LogP contribution in [0.5, 0.6) is 0 Å². The zero-order valence-electron chi connectivity index (χ0n) is 4.73. The van der Waals surface area contributed by atoms with Crippen LogP contribution in [0.2, 0.25) is 0 Å². The van der Waals surface area contributed by atoms with Crippen LogP contribution < -0.4 is 5.73 Å². The molecule has 0 aliphatic carbocycles. The van der Waals surface area contributed by atoms with Crippen molar-refractivity contribution in [2.45, 2.75) is 0 Å². The van der Waals surface area contributed by atoms with Crippen molar-refractivity contribution in [1.82, 2.24) is 9.97 Å². The first kappa shape index (κ1) is 5.68. The Hall–Kier alpha value is -1.45. The SMILES string of the molecule is NC=Nc1cnccn1. The first-order chi connectivity index (χ1) is 4.43. The fourth-order valence-corrected chi connectivity index (χ4v) is 0.434. The van der Waals surface area contributed by atoms with Crippen molar-refractivity contribution in [1.29, 1.82) is 0 Å². The number of hydrogen-bond acceptors (Lipinski definition) is 3. The third kappa shape index (κ3) is 1.49. The molecule has 2 N–H and O–H groups in total. The van der Waals surface area contributed by atoms with Gasteiger partial charge in [-0.1, -0.05) is 0 Å². The van der Waals surface area contributed by atoms with Crippen LogP contribution in [0.4, 0.5) is 5.82 Å². The van der Waals surface area contributed by atoms with E-state index in [-0.39, 0.29) is 0 Å². The van der Waals surface area contributed by atoms with E-state index in [2.05, 4.69) is 15.0 Å². The normalized spacial score (nSPS) is 10.2. The third-order valence-corrected chi connectivity index (χ3v) is 0.756. The maximum absolute atomic E-state index is 5.00. The third-order valence-electron chi connectivity index (χ3n) is 0.756. The molecule has 1 aromatic rings. The second-order valence-electron chi connectivity index (χ2n) is 1.34. The van der Waals surface area contributed by atoms with E-state index in [0.29, 0.717) is 5.82 Å². The molecule has 1 rings (SSSR count). The van der Waals surface area contributed by atoms with Crippen molar-refractivity contribution >= 4 is 12.2 Å². The molecule has 0 unspecified atom stereocenters. The first-order valence-electron chi connectivity index (χ1n) is 2.44. The van der Waals surface area contributed by atoms with Crippen LogP contribution in [0.25, 0.3) is 0 Å². The smallest absolute Gasteiger partial charge is 0.171 e. The molecule has 0 atom stereocenters. The molecule has 0 radical (unpaired) electrons. The minimum Gasteiger partial charge on any atom is -0.390 e. The molecule has 9 heavy (non-hydrogen) atoms. The average molecular weight is 122 g/mol. The van der Waals surface area contributed by atoms with Gasteiger partial charge in [0.05, 0.1) is 12.5 Å². The van der Waals surface area contributed by atoms with E-state index in [9.17, 15) is 0 Å². The maximum atomic E-state index is 5.00. The van der Waals surface area contributed by atoms with Crippen LogP contribution in [-0.2, 0) is 0 Å². The topological polar surface area (TPSA) is 64.2 Å². The summed E-state index contributed by atoms with van der Waals surface area (Å²) in [6, 6.07) is 0. The number of hydrogen-bond donors (Lipinski definition) is 1. The molecule has 1 heterocycles. The molecule has 0 aromatic carbocycles. The van der Waals surface area contributed by atoms with Gasteiger partial charge in [-0.2, -0.15) is 0 Å². The summed E-state index contributed by atoms with van der Waals surface area (Å²) < 4.78 is 0. The summed E-state index contributed by atoms with van der Waals surface area (Å²) in [7, 11) is 0. The highest BCUT2D eigenvalue weighted by Gasteiger charge is 1.81. The highest BCUT2D eigenvalue weighted by Crippen LogP contribution is 1.98. The summed E-state index contributed by atoms with van der Waals surface area (Å²) in [4.78, 5) is 11.3. The lowest BCUT2D eigenvalue weighted by molar-refractivity contribution is 1.18. The summed E-state index contributed by atoms with van der Waals surface area (Å²) in [6.07, 6.45) is 5.85. The molecule has 4 nitrogen and oxygen atoms in total. The van der Waals surface area contributed by atoms with Gasteiger partial charge >= 0.3 is 0 Å². The molecule has 0 aliphatic rings. The van der Waals surface area contributed by atoms with Crippen LogP contribution in [0.1, 0.15) is 0 Å². The number of aliphatic imine (C=N–C) groups is 1. The number of nitrogens with two attached hydrogens (primary N) is 1. The van der Waals surface area contributed by atoms with Gasteiger partial charge in [-0.25, -0.2) is 9.98 Å². The van der Waals surface area contributed by atoms with Gasteiger partial charge in [-0.3, -0.25) is 4.98 Å². The Morgan fingerprint density at radius 1 is 1.56 bits per heavy atom. The average Bonchev–Trinajstić information content (AvgIpc) is 1.91. The molecule has 0 fully saturated rings. The van der Waals surface area contributed by atoms with Gasteiger partial charge in [0.15, 0.2) is 5.82 Å². The number of aromatic nitrogens is 2. The second-order valence-corrected chi connectivity index (χ2v) is 1.34. The van der Waals surface area contributed by atoms with Gasteiger partial charge in [0, 0.05) is 12.4 Å². The number of rotatable bonds is 1. The standard InChI is InChI=1S/C5H6N4/c6-4-9-5-3-7-1-2-8-5/h1-4H,(H2,6,8,9). The van der Waals surface area contributed by atoms with Gasteiger partial charge in [0.2, 0.25) is 0 Å². The van der Waals surface area contributed by atoms with E-state index in [4.69, 9.17) is 5.73 Å².